The largest absolute Gasteiger partial charge is 0.290 e. The second kappa shape index (κ2) is 5.82. The van der Waals surface area contributed by atoms with Crippen molar-refractivity contribution in [3.8, 4) is 0 Å². The first-order valence-electron chi connectivity index (χ1n) is 5.75. The second-order valence-corrected chi connectivity index (χ2v) is 5.48. The van der Waals surface area contributed by atoms with E-state index in [0.29, 0.717) is 5.57 Å². The lowest BCUT2D eigenvalue weighted by molar-refractivity contribution is 0.406. The summed E-state index contributed by atoms with van der Waals surface area (Å²) in [6.45, 7) is 0. The van der Waals surface area contributed by atoms with Gasteiger partial charge in [-0.3, -0.25) is 4.18 Å². The molecule has 0 bridgehead atoms. The van der Waals surface area contributed by atoms with Crippen LogP contribution in [0.25, 0.3) is 5.57 Å². The van der Waals surface area contributed by atoms with E-state index in [1.54, 1.807) is 0 Å². The summed E-state index contributed by atoms with van der Waals surface area (Å²) < 4.78 is 27.8. The molecule has 2 aromatic rings. The molecule has 0 aliphatic carbocycles. The molecular formula is C15H14O3S. The highest BCUT2D eigenvalue weighted by Crippen LogP contribution is 2.24. The highest BCUT2D eigenvalue weighted by Gasteiger charge is 2.11. The molecule has 98 valence electrons. The van der Waals surface area contributed by atoms with Crippen molar-refractivity contribution in [3.63, 3.8) is 0 Å². The van der Waals surface area contributed by atoms with Crippen molar-refractivity contribution in [2.45, 2.75) is 0 Å². The molecule has 19 heavy (non-hydrogen) atoms. The highest BCUT2D eigenvalue weighted by atomic mass is 32.2. The molecule has 0 saturated carbocycles. The monoisotopic (exact) mass is 274 g/mol. The fourth-order valence-corrected chi connectivity index (χ4v) is 2.39. The van der Waals surface area contributed by atoms with Gasteiger partial charge in [-0.15, -0.1) is 0 Å². The van der Waals surface area contributed by atoms with E-state index in [9.17, 15) is 8.42 Å². The Morgan fingerprint density at radius 3 is 1.68 bits per heavy atom. The second-order valence-electron chi connectivity index (χ2n) is 3.92. The van der Waals surface area contributed by atoms with Gasteiger partial charge in [-0.1, -0.05) is 60.7 Å². The lowest BCUT2D eigenvalue weighted by atomic mass is 10.00. The summed E-state index contributed by atoms with van der Waals surface area (Å²) >= 11 is 0. The van der Waals surface area contributed by atoms with Gasteiger partial charge in [0.15, 0.2) is 0 Å². The molecule has 0 aliphatic rings. The van der Waals surface area contributed by atoms with E-state index in [2.05, 4.69) is 4.18 Å². The van der Waals surface area contributed by atoms with Crippen LogP contribution in [0.3, 0.4) is 0 Å². The summed E-state index contributed by atoms with van der Waals surface area (Å²) in [5, 5.41) is 1.15. The molecule has 2 aromatic carbocycles. The Hall–Kier alpha value is -1.91. The minimum atomic E-state index is -3.68. The average Bonchev–Trinajstić information content (AvgIpc) is 2.47. The van der Waals surface area contributed by atoms with Crippen molar-refractivity contribution >= 4 is 15.7 Å². The first kappa shape index (κ1) is 13.5. The molecule has 0 atom stereocenters. The number of hydrogen-bond donors (Lipinski definition) is 0. The molecule has 0 amide bonds. The van der Waals surface area contributed by atoms with Gasteiger partial charge in [0, 0.05) is 5.57 Å². The molecule has 0 radical (unpaired) electrons. The van der Waals surface area contributed by atoms with Crippen LogP contribution in [0.5, 0.6) is 0 Å². The molecule has 4 heteroatoms. The Balaban J connectivity index is 2.59. The van der Waals surface area contributed by atoms with Crippen molar-refractivity contribution in [2.24, 2.45) is 0 Å². The van der Waals surface area contributed by atoms with Gasteiger partial charge in [0.05, 0.1) is 12.5 Å². The lowest BCUT2D eigenvalue weighted by Crippen LogP contribution is -1.99. The van der Waals surface area contributed by atoms with E-state index in [0.717, 1.165) is 23.6 Å². The van der Waals surface area contributed by atoms with Gasteiger partial charge in [-0.25, -0.2) is 0 Å². The molecule has 3 nitrogen and oxygen atoms in total. The van der Waals surface area contributed by atoms with Crippen molar-refractivity contribution < 1.29 is 12.6 Å². The van der Waals surface area contributed by atoms with Crippen LogP contribution in [0.4, 0.5) is 0 Å². The zero-order valence-electron chi connectivity index (χ0n) is 10.5. The first-order chi connectivity index (χ1) is 9.12. The summed E-state index contributed by atoms with van der Waals surface area (Å²) in [5.74, 6) is 0. The third-order valence-corrected chi connectivity index (χ3v) is 3.65. The van der Waals surface area contributed by atoms with Crippen molar-refractivity contribution in [1.82, 2.24) is 0 Å². The first-order valence-corrected chi connectivity index (χ1v) is 7.23. The van der Waals surface area contributed by atoms with Gasteiger partial charge in [0.25, 0.3) is 10.1 Å². The van der Waals surface area contributed by atoms with Crippen LogP contribution < -0.4 is 0 Å². The SMILES string of the molecule is COS(=O)(=O)C=C(c1ccccc1)c1ccccc1. The summed E-state index contributed by atoms with van der Waals surface area (Å²) in [6, 6.07) is 18.7. The molecule has 0 fully saturated rings. The molecule has 0 spiro atoms. The molecular weight excluding hydrogens is 260 g/mol. The smallest absolute Gasteiger partial charge is 0.270 e. The fraction of sp³-hybridized carbons (Fsp3) is 0.0667. The Labute approximate surface area is 113 Å². The van der Waals surface area contributed by atoms with Crippen LogP contribution >= 0.6 is 0 Å². The van der Waals surface area contributed by atoms with Crippen molar-refractivity contribution in [2.75, 3.05) is 7.11 Å². The van der Waals surface area contributed by atoms with Crippen LogP contribution in [0.15, 0.2) is 66.1 Å². The fourth-order valence-electron chi connectivity index (χ4n) is 1.73. The molecule has 0 saturated heterocycles. The minimum absolute atomic E-state index is 0.614. The molecule has 0 heterocycles. The predicted octanol–water partition coefficient (Wildman–Crippen LogP) is 3.05. The van der Waals surface area contributed by atoms with Crippen molar-refractivity contribution in [3.05, 3.63) is 77.2 Å². The number of rotatable bonds is 4. The maximum Gasteiger partial charge on any atom is 0.290 e. The van der Waals surface area contributed by atoms with Gasteiger partial charge >= 0.3 is 0 Å². The molecule has 0 unspecified atom stereocenters. The average molecular weight is 274 g/mol. The Morgan fingerprint density at radius 2 is 1.32 bits per heavy atom. The zero-order chi connectivity index (χ0) is 13.7. The van der Waals surface area contributed by atoms with Crippen LogP contribution in [0, 0.1) is 0 Å². The van der Waals surface area contributed by atoms with E-state index >= 15 is 0 Å². The molecule has 2 rings (SSSR count). The maximum atomic E-state index is 11.7. The summed E-state index contributed by atoms with van der Waals surface area (Å²) in [5.41, 5.74) is 2.27. The lowest BCUT2D eigenvalue weighted by Gasteiger charge is -2.08. The molecule has 0 N–H and O–H groups in total. The van der Waals surface area contributed by atoms with Gasteiger partial charge in [-0.05, 0) is 11.1 Å². The Kier molecular flexibility index (Phi) is 4.14. The van der Waals surface area contributed by atoms with E-state index in [-0.39, 0.29) is 0 Å². The van der Waals surface area contributed by atoms with Crippen LogP contribution in [0.2, 0.25) is 0 Å². The summed E-state index contributed by atoms with van der Waals surface area (Å²) in [6.07, 6.45) is 0. The summed E-state index contributed by atoms with van der Waals surface area (Å²) in [7, 11) is -2.52. The third kappa shape index (κ3) is 3.53. The predicted molar refractivity (Wildman–Crippen MR) is 75.9 cm³/mol. The van der Waals surface area contributed by atoms with E-state index in [4.69, 9.17) is 0 Å². The minimum Gasteiger partial charge on any atom is -0.270 e. The van der Waals surface area contributed by atoms with Gasteiger partial charge in [0.1, 0.15) is 0 Å². The van der Waals surface area contributed by atoms with Gasteiger partial charge < -0.3 is 0 Å². The number of hydrogen-bond acceptors (Lipinski definition) is 3. The summed E-state index contributed by atoms with van der Waals surface area (Å²) in [4.78, 5) is 0. The number of benzene rings is 2. The van der Waals surface area contributed by atoms with Crippen LogP contribution in [0.1, 0.15) is 11.1 Å². The van der Waals surface area contributed by atoms with Gasteiger partial charge in [0.2, 0.25) is 0 Å². The van der Waals surface area contributed by atoms with Crippen molar-refractivity contribution in [1.29, 1.82) is 0 Å². The Bertz CT molecular complexity index is 618. The van der Waals surface area contributed by atoms with E-state index < -0.39 is 10.1 Å². The van der Waals surface area contributed by atoms with E-state index in [1.807, 2.05) is 60.7 Å². The normalized spacial score (nSPS) is 11.0. The van der Waals surface area contributed by atoms with Crippen LogP contribution in [-0.2, 0) is 14.3 Å². The quantitative estimate of drug-likeness (QED) is 0.805. The standard InChI is InChI=1S/C15H14O3S/c1-18-19(16,17)12-15(13-8-4-2-5-9-13)14-10-6-3-7-11-14/h2-12H,1H3. The topological polar surface area (TPSA) is 43.4 Å². The molecule has 0 aromatic heterocycles. The third-order valence-electron chi connectivity index (χ3n) is 2.66. The Morgan fingerprint density at radius 1 is 0.895 bits per heavy atom. The van der Waals surface area contributed by atoms with E-state index in [1.165, 1.54) is 0 Å². The maximum absolute atomic E-state index is 11.7. The van der Waals surface area contributed by atoms with Gasteiger partial charge in [-0.2, -0.15) is 8.42 Å². The highest BCUT2D eigenvalue weighted by molar-refractivity contribution is 7.89. The zero-order valence-corrected chi connectivity index (χ0v) is 11.3. The molecule has 0 aliphatic heterocycles. The van der Waals surface area contributed by atoms with Crippen LogP contribution in [-0.4, -0.2) is 15.5 Å².